The number of benzene rings is 2. The number of ketones is 1. The van der Waals surface area contributed by atoms with Crippen molar-refractivity contribution in [1.82, 2.24) is 0 Å². The largest absolute Gasteiger partial charge is 0.321 e. The first-order chi connectivity index (χ1) is 11.7. The van der Waals surface area contributed by atoms with Gasteiger partial charge in [-0.1, -0.05) is 102 Å². The lowest BCUT2D eigenvalue weighted by atomic mass is 9.84. The first-order valence-corrected chi connectivity index (χ1v) is 9.06. The Bertz CT molecular complexity index is 469. The van der Waals surface area contributed by atoms with E-state index in [-0.39, 0.29) is 11.7 Å². The zero-order chi connectivity index (χ0) is 19.0. The molecule has 2 heteroatoms. The van der Waals surface area contributed by atoms with Crippen molar-refractivity contribution in [1.29, 1.82) is 0 Å². The van der Waals surface area contributed by atoms with Crippen molar-refractivity contribution >= 4 is 5.78 Å². The monoisotopic (exact) mass is 329 g/mol. The molecule has 0 amide bonds. The second kappa shape index (κ2) is 15.9. The Balaban J connectivity index is 0. The maximum absolute atomic E-state index is 11.6. The van der Waals surface area contributed by atoms with E-state index in [9.17, 15) is 4.79 Å². The van der Waals surface area contributed by atoms with Gasteiger partial charge in [-0.05, 0) is 18.1 Å². The summed E-state index contributed by atoms with van der Waals surface area (Å²) in [4.78, 5) is 11.6. The SMILES string of the molecule is CC.CC.CC.CC(=O)C(N)C(c1ccccc1)c1ccccc1. The van der Waals surface area contributed by atoms with Gasteiger partial charge in [-0.25, -0.2) is 0 Å². The fraction of sp³-hybridized carbons (Fsp3) is 0.409. The van der Waals surface area contributed by atoms with Gasteiger partial charge in [0.1, 0.15) is 5.78 Å². The number of nitrogens with two attached hydrogens (primary N) is 1. The number of Topliss-reactive ketones (excluding diaryl/α,β-unsaturated/α-hetero) is 1. The van der Waals surface area contributed by atoms with Crippen LogP contribution in [0.5, 0.6) is 0 Å². The topological polar surface area (TPSA) is 43.1 Å². The summed E-state index contributed by atoms with van der Waals surface area (Å²) in [5.41, 5.74) is 8.23. The number of rotatable bonds is 4. The van der Waals surface area contributed by atoms with Gasteiger partial charge in [0.15, 0.2) is 0 Å². The molecule has 1 unspecified atom stereocenters. The minimum absolute atomic E-state index is 0.00714. The van der Waals surface area contributed by atoms with Crippen molar-refractivity contribution in [3.63, 3.8) is 0 Å². The lowest BCUT2D eigenvalue weighted by molar-refractivity contribution is -0.118. The molecule has 0 saturated heterocycles. The minimum atomic E-state index is -0.505. The highest BCUT2D eigenvalue weighted by Crippen LogP contribution is 2.27. The average molecular weight is 330 g/mol. The summed E-state index contributed by atoms with van der Waals surface area (Å²) in [5.74, 6) is -0.0717. The van der Waals surface area contributed by atoms with Crippen LogP contribution < -0.4 is 5.73 Å². The van der Waals surface area contributed by atoms with Crippen LogP contribution in [0.1, 0.15) is 65.5 Å². The van der Waals surface area contributed by atoms with Gasteiger partial charge >= 0.3 is 0 Å². The van der Waals surface area contributed by atoms with E-state index in [1.165, 1.54) is 0 Å². The van der Waals surface area contributed by atoms with Gasteiger partial charge in [0.2, 0.25) is 0 Å². The first-order valence-electron chi connectivity index (χ1n) is 9.06. The zero-order valence-electron chi connectivity index (χ0n) is 16.4. The highest BCUT2D eigenvalue weighted by atomic mass is 16.1. The standard InChI is InChI=1S/C16H17NO.3C2H6/c1-12(18)16(17)15(13-8-4-2-5-9-13)14-10-6-3-7-11-14;3*1-2/h2-11,15-16H,17H2,1H3;3*1-2H3. The van der Waals surface area contributed by atoms with Crippen LogP contribution in [0.4, 0.5) is 0 Å². The predicted octanol–water partition coefficient (Wildman–Crippen LogP) is 5.81. The minimum Gasteiger partial charge on any atom is -0.321 e. The predicted molar refractivity (Wildman–Crippen MR) is 107 cm³/mol. The number of hydrogen-bond donors (Lipinski definition) is 1. The molecular formula is C22H35NO. The molecule has 0 aliphatic carbocycles. The van der Waals surface area contributed by atoms with Crippen LogP contribution >= 0.6 is 0 Å². The van der Waals surface area contributed by atoms with E-state index in [1.54, 1.807) is 6.92 Å². The third-order valence-corrected chi connectivity index (χ3v) is 3.15. The van der Waals surface area contributed by atoms with E-state index >= 15 is 0 Å². The molecule has 2 aromatic carbocycles. The molecule has 0 heterocycles. The van der Waals surface area contributed by atoms with E-state index in [4.69, 9.17) is 5.73 Å². The van der Waals surface area contributed by atoms with Crippen molar-refractivity contribution in [2.75, 3.05) is 0 Å². The molecule has 1 atom stereocenters. The van der Waals surface area contributed by atoms with Gasteiger partial charge in [-0.3, -0.25) is 4.79 Å². The molecule has 0 aliphatic heterocycles. The molecule has 0 fully saturated rings. The average Bonchev–Trinajstić information content (AvgIpc) is 2.68. The lowest BCUT2D eigenvalue weighted by Crippen LogP contribution is -2.35. The summed E-state index contributed by atoms with van der Waals surface area (Å²) in [6.45, 7) is 13.5. The fourth-order valence-electron chi connectivity index (χ4n) is 2.16. The first kappa shape index (κ1) is 24.3. The van der Waals surface area contributed by atoms with Crippen LogP contribution in [0.15, 0.2) is 60.7 Å². The molecule has 0 aromatic heterocycles. The molecule has 0 radical (unpaired) electrons. The maximum Gasteiger partial charge on any atom is 0.147 e. The normalized spacial score (nSPS) is 10.0. The van der Waals surface area contributed by atoms with E-state index in [0.29, 0.717) is 0 Å². The van der Waals surface area contributed by atoms with Crippen LogP contribution in [-0.4, -0.2) is 11.8 Å². The Morgan fingerprint density at radius 3 is 1.25 bits per heavy atom. The molecule has 2 aromatic rings. The van der Waals surface area contributed by atoms with Crippen LogP contribution in [0, 0.1) is 0 Å². The lowest BCUT2D eigenvalue weighted by Gasteiger charge is -2.23. The molecule has 0 saturated carbocycles. The number of carbonyl (C=O) groups is 1. The Morgan fingerprint density at radius 1 is 0.708 bits per heavy atom. The molecule has 2 nitrogen and oxygen atoms in total. The van der Waals surface area contributed by atoms with Crippen LogP contribution in [0.3, 0.4) is 0 Å². The van der Waals surface area contributed by atoms with Crippen LogP contribution in [0.2, 0.25) is 0 Å². The number of carbonyl (C=O) groups excluding carboxylic acids is 1. The third kappa shape index (κ3) is 8.07. The van der Waals surface area contributed by atoms with Gasteiger partial charge in [0, 0.05) is 5.92 Å². The maximum atomic E-state index is 11.6. The summed E-state index contributed by atoms with van der Waals surface area (Å²) in [5, 5.41) is 0. The zero-order valence-corrected chi connectivity index (χ0v) is 16.4. The van der Waals surface area contributed by atoms with Crippen molar-refractivity contribution in [2.24, 2.45) is 5.73 Å². The highest BCUT2D eigenvalue weighted by molar-refractivity contribution is 5.83. The van der Waals surface area contributed by atoms with Gasteiger partial charge in [0.05, 0.1) is 6.04 Å². The molecular weight excluding hydrogens is 294 g/mol. The third-order valence-electron chi connectivity index (χ3n) is 3.15. The van der Waals surface area contributed by atoms with Gasteiger partial charge in [0.25, 0.3) is 0 Å². The summed E-state index contributed by atoms with van der Waals surface area (Å²) in [6.07, 6.45) is 0. The van der Waals surface area contributed by atoms with Gasteiger partial charge in [-0.15, -0.1) is 0 Å². The Hall–Kier alpha value is -1.93. The van der Waals surface area contributed by atoms with Crippen molar-refractivity contribution in [3.8, 4) is 0 Å². The molecule has 24 heavy (non-hydrogen) atoms. The molecule has 0 spiro atoms. The van der Waals surface area contributed by atoms with Crippen LogP contribution in [0.25, 0.3) is 0 Å². The van der Waals surface area contributed by atoms with Gasteiger partial charge < -0.3 is 5.73 Å². The number of hydrogen-bond acceptors (Lipinski definition) is 2. The summed E-state index contributed by atoms with van der Waals surface area (Å²) >= 11 is 0. The molecule has 2 N–H and O–H groups in total. The molecule has 0 aliphatic rings. The summed E-state index contributed by atoms with van der Waals surface area (Å²) in [6, 6.07) is 19.4. The smallest absolute Gasteiger partial charge is 0.147 e. The Morgan fingerprint density at radius 2 is 1.00 bits per heavy atom. The highest BCUT2D eigenvalue weighted by Gasteiger charge is 2.24. The van der Waals surface area contributed by atoms with Crippen LogP contribution in [-0.2, 0) is 4.79 Å². The molecule has 134 valence electrons. The van der Waals surface area contributed by atoms with Crippen molar-refractivity contribution < 1.29 is 4.79 Å². The Labute approximate surface area is 149 Å². The van der Waals surface area contributed by atoms with Crippen molar-refractivity contribution in [3.05, 3.63) is 71.8 Å². The van der Waals surface area contributed by atoms with E-state index in [0.717, 1.165) is 11.1 Å². The fourth-order valence-corrected chi connectivity index (χ4v) is 2.16. The van der Waals surface area contributed by atoms with Crippen molar-refractivity contribution in [2.45, 2.75) is 60.4 Å². The summed E-state index contributed by atoms with van der Waals surface area (Å²) in [7, 11) is 0. The van der Waals surface area contributed by atoms with Gasteiger partial charge in [-0.2, -0.15) is 0 Å². The second-order valence-electron chi connectivity index (χ2n) is 4.44. The molecule has 0 bridgehead atoms. The van der Waals surface area contributed by atoms with E-state index in [1.807, 2.05) is 102 Å². The molecule has 2 rings (SSSR count). The summed E-state index contributed by atoms with van der Waals surface area (Å²) < 4.78 is 0. The van der Waals surface area contributed by atoms with E-state index in [2.05, 4.69) is 0 Å². The quantitative estimate of drug-likeness (QED) is 0.768. The second-order valence-corrected chi connectivity index (χ2v) is 4.44. The van der Waals surface area contributed by atoms with E-state index < -0.39 is 6.04 Å². The Kier molecular flexibility index (Phi) is 16.2.